The number of hydrogen-bond donors (Lipinski definition) is 0. The van der Waals surface area contributed by atoms with Crippen LogP contribution in [0.4, 0.5) is 5.69 Å². The Bertz CT molecular complexity index is 1010. The molecular weight excluding hydrogens is 348 g/mol. The number of allylic oxidation sites excluding steroid dienone is 1. The third-order valence-electron chi connectivity index (χ3n) is 5.09. The van der Waals surface area contributed by atoms with E-state index in [-0.39, 0.29) is 17.2 Å². The van der Waals surface area contributed by atoms with E-state index in [2.05, 4.69) is 4.90 Å². The van der Waals surface area contributed by atoms with E-state index in [1.165, 1.54) is 25.0 Å². The quantitative estimate of drug-likeness (QED) is 0.471. The highest BCUT2D eigenvalue weighted by molar-refractivity contribution is 6.15. The summed E-state index contributed by atoms with van der Waals surface area (Å²) in [6.07, 6.45) is 3.89. The molecule has 136 valence electrons. The minimum Gasteiger partial charge on any atom is -0.478 e. The predicted octanol–water partition coefficient (Wildman–Crippen LogP) is 3.53. The van der Waals surface area contributed by atoms with E-state index in [9.17, 15) is 14.9 Å². The maximum absolute atomic E-state index is 12.8. The summed E-state index contributed by atoms with van der Waals surface area (Å²) in [5.74, 6) is 1.24. The second-order valence-corrected chi connectivity index (χ2v) is 6.96. The van der Waals surface area contributed by atoms with Gasteiger partial charge in [0.1, 0.15) is 18.2 Å². The highest BCUT2D eigenvalue weighted by Gasteiger charge is 2.37. The van der Waals surface area contributed by atoms with Crippen LogP contribution in [0.3, 0.4) is 0 Å². The molecule has 2 aliphatic heterocycles. The lowest BCUT2D eigenvalue weighted by Crippen LogP contribution is -2.33. The minimum absolute atomic E-state index is 0.0295. The Hall–Kier alpha value is -3.19. The minimum atomic E-state index is -0.464. The first-order valence-electron chi connectivity index (χ1n) is 8.81. The molecule has 2 heterocycles. The Balaban J connectivity index is 1.49. The fourth-order valence-corrected chi connectivity index (χ4v) is 3.53. The molecule has 0 spiro atoms. The summed E-state index contributed by atoms with van der Waals surface area (Å²) in [4.78, 5) is 25.5. The number of carbonyl (C=O) groups is 1. The van der Waals surface area contributed by atoms with Crippen LogP contribution in [-0.4, -0.2) is 28.4 Å². The number of non-ortho nitro benzene ring substituents is 1. The first-order chi connectivity index (χ1) is 13.1. The Kier molecular flexibility index (Phi) is 3.51. The molecule has 3 aliphatic rings. The SMILES string of the molecule is O=C1/C(=C/c2cccc([N+](=O)[O-])c2)Oc2c1ccc1c2CN(C2CC2)CO1. The number of nitro benzene ring substituents is 1. The molecule has 27 heavy (non-hydrogen) atoms. The molecule has 0 radical (unpaired) electrons. The Morgan fingerprint density at radius 3 is 2.85 bits per heavy atom. The molecule has 1 saturated carbocycles. The van der Waals surface area contributed by atoms with Crippen molar-refractivity contribution < 1.29 is 19.2 Å². The van der Waals surface area contributed by atoms with Crippen LogP contribution in [0, 0.1) is 10.1 Å². The van der Waals surface area contributed by atoms with E-state index in [1.54, 1.807) is 24.3 Å². The van der Waals surface area contributed by atoms with Crippen molar-refractivity contribution in [3.05, 3.63) is 69.0 Å². The van der Waals surface area contributed by atoms with Gasteiger partial charge < -0.3 is 9.47 Å². The van der Waals surface area contributed by atoms with Gasteiger partial charge >= 0.3 is 0 Å². The third-order valence-corrected chi connectivity index (χ3v) is 5.09. The van der Waals surface area contributed by atoms with Crippen molar-refractivity contribution in [1.29, 1.82) is 0 Å². The summed E-state index contributed by atoms with van der Waals surface area (Å²) in [5.41, 5.74) is 1.91. The standard InChI is InChI=1S/C20H16N2O5/c23-19-15-6-7-17-16(10-21(11-26-17)13-4-5-13)20(15)27-18(19)9-12-2-1-3-14(8-12)22(24)25/h1-3,6-9,13H,4-5,10-11H2/b18-9-. The van der Waals surface area contributed by atoms with Gasteiger partial charge in [-0.15, -0.1) is 0 Å². The van der Waals surface area contributed by atoms with Crippen molar-refractivity contribution in [2.75, 3.05) is 6.73 Å². The molecular formula is C20H16N2O5. The van der Waals surface area contributed by atoms with Crippen LogP contribution in [0.5, 0.6) is 11.5 Å². The number of fused-ring (bicyclic) bond motifs is 3. The van der Waals surface area contributed by atoms with Crippen molar-refractivity contribution in [2.24, 2.45) is 0 Å². The van der Waals surface area contributed by atoms with Gasteiger partial charge in [-0.05, 0) is 36.6 Å². The highest BCUT2D eigenvalue weighted by atomic mass is 16.6. The van der Waals surface area contributed by atoms with Gasteiger partial charge in [0.25, 0.3) is 5.69 Å². The first kappa shape index (κ1) is 16.0. The molecule has 1 aliphatic carbocycles. The van der Waals surface area contributed by atoms with E-state index in [1.807, 2.05) is 6.07 Å². The van der Waals surface area contributed by atoms with Gasteiger partial charge in [-0.2, -0.15) is 0 Å². The maximum Gasteiger partial charge on any atom is 0.270 e. The van der Waals surface area contributed by atoms with E-state index in [4.69, 9.17) is 9.47 Å². The lowest BCUT2D eigenvalue weighted by atomic mass is 10.0. The van der Waals surface area contributed by atoms with Gasteiger partial charge in [0.05, 0.1) is 16.1 Å². The molecule has 5 rings (SSSR count). The summed E-state index contributed by atoms with van der Waals surface area (Å²) in [6, 6.07) is 10.2. The average Bonchev–Trinajstić information content (AvgIpc) is 3.47. The van der Waals surface area contributed by atoms with Gasteiger partial charge in [-0.1, -0.05) is 12.1 Å². The van der Waals surface area contributed by atoms with Crippen molar-refractivity contribution in [3.8, 4) is 11.5 Å². The van der Waals surface area contributed by atoms with Gasteiger partial charge in [0.15, 0.2) is 5.76 Å². The molecule has 0 aromatic heterocycles. The van der Waals surface area contributed by atoms with Crippen LogP contribution < -0.4 is 9.47 Å². The Morgan fingerprint density at radius 2 is 2.07 bits per heavy atom. The monoisotopic (exact) mass is 364 g/mol. The normalized spacial score (nSPS) is 20.0. The lowest BCUT2D eigenvalue weighted by Gasteiger charge is -2.29. The molecule has 7 heteroatoms. The molecule has 0 amide bonds. The fraction of sp³-hybridized carbons (Fsp3) is 0.250. The number of nitro groups is 1. The van der Waals surface area contributed by atoms with Crippen LogP contribution in [-0.2, 0) is 6.54 Å². The number of rotatable bonds is 3. The zero-order valence-electron chi connectivity index (χ0n) is 14.4. The summed E-state index contributed by atoms with van der Waals surface area (Å²) in [7, 11) is 0. The molecule has 0 N–H and O–H groups in total. The molecule has 2 aromatic rings. The number of ketones is 1. The molecule has 0 atom stereocenters. The second-order valence-electron chi connectivity index (χ2n) is 6.96. The Labute approximate surface area is 155 Å². The second kappa shape index (κ2) is 5.92. The number of Topliss-reactive ketones (excluding diaryl/α,β-unsaturated/α-hetero) is 1. The topological polar surface area (TPSA) is 81.9 Å². The third kappa shape index (κ3) is 2.76. The predicted molar refractivity (Wildman–Crippen MR) is 96.5 cm³/mol. The van der Waals surface area contributed by atoms with Crippen molar-refractivity contribution in [3.63, 3.8) is 0 Å². The van der Waals surface area contributed by atoms with E-state index < -0.39 is 4.92 Å². The Morgan fingerprint density at radius 1 is 1.22 bits per heavy atom. The van der Waals surface area contributed by atoms with Crippen LogP contribution >= 0.6 is 0 Å². The van der Waals surface area contributed by atoms with Gasteiger partial charge in [0, 0.05) is 24.7 Å². The lowest BCUT2D eigenvalue weighted by molar-refractivity contribution is -0.384. The molecule has 0 unspecified atom stereocenters. The van der Waals surface area contributed by atoms with Gasteiger partial charge in [-0.25, -0.2) is 0 Å². The molecule has 1 fully saturated rings. The zero-order valence-corrected chi connectivity index (χ0v) is 14.4. The fourth-order valence-electron chi connectivity index (χ4n) is 3.53. The molecule has 7 nitrogen and oxygen atoms in total. The van der Waals surface area contributed by atoms with Crippen LogP contribution in [0.15, 0.2) is 42.2 Å². The molecule has 0 saturated heterocycles. The van der Waals surface area contributed by atoms with Crippen LogP contribution in [0.1, 0.15) is 34.3 Å². The van der Waals surface area contributed by atoms with Gasteiger partial charge in [-0.3, -0.25) is 19.8 Å². The first-order valence-corrected chi connectivity index (χ1v) is 8.81. The van der Waals surface area contributed by atoms with Gasteiger partial charge in [0.2, 0.25) is 5.78 Å². The molecule has 2 aromatic carbocycles. The van der Waals surface area contributed by atoms with Crippen molar-refractivity contribution in [1.82, 2.24) is 4.90 Å². The van der Waals surface area contributed by atoms with E-state index >= 15 is 0 Å². The summed E-state index contributed by atoms with van der Waals surface area (Å²) < 4.78 is 11.7. The van der Waals surface area contributed by atoms with Crippen molar-refractivity contribution >= 4 is 17.5 Å². The summed E-state index contributed by atoms with van der Waals surface area (Å²) in [5, 5.41) is 11.0. The van der Waals surface area contributed by atoms with Crippen LogP contribution in [0.2, 0.25) is 0 Å². The number of ether oxygens (including phenoxy) is 2. The maximum atomic E-state index is 12.8. The van der Waals surface area contributed by atoms with E-state index in [0.29, 0.717) is 36.2 Å². The number of benzene rings is 2. The van der Waals surface area contributed by atoms with Crippen molar-refractivity contribution in [2.45, 2.75) is 25.4 Å². The molecule has 0 bridgehead atoms. The van der Waals surface area contributed by atoms with E-state index in [0.717, 1.165) is 11.3 Å². The number of hydrogen-bond acceptors (Lipinski definition) is 6. The number of nitrogens with zero attached hydrogens (tertiary/aromatic N) is 2. The largest absolute Gasteiger partial charge is 0.478 e. The zero-order chi connectivity index (χ0) is 18.5. The number of carbonyl (C=O) groups excluding carboxylic acids is 1. The highest BCUT2D eigenvalue weighted by Crippen LogP contribution is 2.43. The van der Waals surface area contributed by atoms with Crippen LogP contribution in [0.25, 0.3) is 6.08 Å². The summed E-state index contributed by atoms with van der Waals surface area (Å²) in [6.45, 7) is 1.25. The average molecular weight is 364 g/mol. The summed E-state index contributed by atoms with van der Waals surface area (Å²) >= 11 is 0. The smallest absolute Gasteiger partial charge is 0.270 e.